The molecule has 1 heterocycles. The topological polar surface area (TPSA) is 111 Å². The van der Waals surface area contributed by atoms with Gasteiger partial charge in [0.05, 0.1) is 5.02 Å². The number of likely N-dealkylation sites (tertiary alicyclic amines) is 1. The van der Waals surface area contributed by atoms with E-state index in [-0.39, 0.29) is 35.0 Å². The Morgan fingerprint density at radius 1 is 1.11 bits per heavy atom. The second-order valence-corrected chi connectivity index (χ2v) is 8.20. The maximum atomic E-state index is 12.9. The number of benzene rings is 2. The van der Waals surface area contributed by atoms with E-state index in [0.29, 0.717) is 25.1 Å². The normalized spacial score (nSPS) is 15.9. The van der Waals surface area contributed by atoms with E-state index >= 15 is 0 Å². The summed E-state index contributed by atoms with van der Waals surface area (Å²) in [6, 6.07) is 9.15. The largest absolute Gasteiger partial charge is 0.573 e. The van der Waals surface area contributed by atoms with Crippen molar-refractivity contribution in [1.82, 2.24) is 10.2 Å². The fourth-order valence-electron chi connectivity index (χ4n) is 3.86. The van der Waals surface area contributed by atoms with Gasteiger partial charge in [-0.1, -0.05) is 35.9 Å². The lowest BCUT2D eigenvalue weighted by molar-refractivity contribution is -0.274. The van der Waals surface area contributed by atoms with Gasteiger partial charge in [-0.3, -0.25) is 9.59 Å². The summed E-state index contributed by atoms with van der Waals surface area (Å²) in [7, 11) is 0. The van der Waals surface area contributed by atoms with Crippen LogP contribution >= 0.6 is 11.6 Å². The molecule has 1 aliphatic rings. The number of amides is 3. The average Bonchev–Trinajstić information content (AvgIpc) is 2.78. The van der Waals surface area contributed by atoms with E-state index < -0.39 is 30.2 Å². The summed E-state index contributed by atoms with van der Waals surface area (Å²) >= 11 is 6.33. The Hall–Kier alpha value is -3.47. The van der Waals surface area contributed by atoms with Gasteiger partial charge in [0.1, 0.15) is 17.9 Å². The number of nitrogens with one attached hydrogen (secondary N) is 2. The van der Waals surface area contributed by atoms with Crippen molar-refractivity contribution in [3.8, 4) is 16.9 Å². The summed E-state index contributed by atoms with van der Waals surface area (Å²) in [5, 5.41) is 15.3. The van der Waals surface area contributed by atoms with Gasteiger partial charge >= 0.3 is 6.36 Å². The number of piperidine rings is 1. The first-order chi connectivity index (χ1) is 16.5. The summed E-state index contributed by atoms with van der Waals surface area (Å²) in [6.45, 7) is 0.237. The Morgan fingerprint density at radius 3 is 2.54 bits per heavy atom. The van der Waals surface area contributed by atoms with Crippen molar-refractivity contribution >= 4 is 35.2 Å². The van der Waals surface area contributed by atoms with E-state index in [2.05, 4.69) is 10.1 Å². The minimum absolute atomic E-state index is 0.0888. The van der Waals surface area contributed by atoms with Gasteiger partial charge in [-0.05, 0) is 37.5 Å². The second-order valence-electron chi connectivity index (χ2n) is 7.79. The molecule has 35 heavy (non-hydrogen) atoms. The zero-order valence-corrected chi connectivity index (χ0v) is 19.1. The third-order valence-corrected chi connectivity index (χ3v) is 5.69. The highest BCUT2D eigenvalue weighted by Gasteiger charge is 2.33. The molecule has 188 valence electrons. The zero-order chi connectivity index (χ0) is 25.6. The molecule has 12 heteroatoms. The summed E-state index contributed by atoms with van der Waals surface area (Å²) in [5.74, 6) is -1.23. The minimum Gasteiger partial charge on any atom is -0.530 e. The Labute approximate surface area is 204 Å². The SMILES string of the molecule is O=C([O-])NCCC(=O)N1CCCCC1C(=O)Nc1ccc(-c2ccccc2OC(F)(F)F)c(Cl)c1. The maximum Gasteiger partial charge on any atom is 0.573 e. The molecule has 3 amide bonds. The third kappa shape index (κ3) is 7.25. The van der Waals surface area contributed by atoms with Crippen LogP contribution in [0.2, 0.25) is 5.02 Å². The number of halogens is 4. The second kappa shape index (κ2) is 11.3. The molecule has 0 spiro atoms. The number of carbonyl (C=O) groups is 3. The quantitative estimate of drug-likeness (QED) is 0.589. The van der Waals surface area contributed by atoms with Crippen molar-refractivity contribution in [3.63, 3.8) is 0 Å². The molecule has 1 saturated heterocycles. The number of rotatable bonds is 7. The van der Waals surface area contributed by atoms with Gasteiger partial charge in [0.2, 0.25) is 11.8 Å². The van der Waals surface area contributed by atoms with Crippen LogP contribution in [0.25, 0.3) is 11.1 Å². The first-order valence-electron chi connectivity index (χ1n) is 10.7. The Morgan fingerprint density at radius 2 is 1.86 bits per heavy atom. The van der Waals surface area contributed by atoms with Crippen molar-refractivity contribution in [2.45, 2.75) is 38.1 Å². The maximum absolute atomic E-state index is 12.9. The summed E-state index contributed by atoms with van der Waals surface area (Å²) < 4.78 is 42.3. The number of nitrogens with zero attached hydrogens (tertiary/aromatic N) is 1. The van der Waals surface area contributed by atoms with Crippen molar-refractivity contribution in [2.75, 3.05) is 18.4 Å². The molecule has 0 aliphatic carbocycles. The Bertz CT molecular complexity index is 1100. The number of ether oxygens (including phenoxy) is 1. The van der Waals surface area contributed by atoms with Gasteiger partial charge in [0, 0.05) is 36.3 Å². The molecule has 1 unspecified atom stereocenters. The molecule has 8 nitrogen and oxygen atoms in total. The number of carbonyl (C=O) groups excluding carboxylic acids is 3. The fraction of sp³-hybridized carbons (Fsp3) is 0.348. The zero-order valence-electron chi connectivity index (χ0n) is 18.4. The molecule has 2 N–H and O–H groups in total. The standard InChI is InChI=1S/C23H23ClF3N3O5/c24-17-13-14(8-9-15(17)16-5-1-2-7-19(16)35-23(25,26)27)29-21(32)18-6-3-4-12-30(18)20(31)10-11-28-22(33)34/h1-2,5,7-9,13,18,28H,3-4,6,10-12H2,(H,29,32)(H,33,34)/p-1. The van der Waals surface area contributed by atoms with Crippen molar-refractivity contribution in [2.24, 2.45) is 0 Å². The number of carboxylic acid groups (broad SMARTS) is 1. The van der Waals surface area contributed by atoms with Gasteiger partial charge in [-0.15, -0.1) is 13.2 Å². The Kier molecular flexibility index (Phi) is 8.44. The van der Waals surface area contributed by atoms with Crippen LogP contribution in [-0.2, 0) is 9.59 Å². The number of alkyl halides is 3. The van der Waals surface area contributed by atoms with Gasteiger partial charge in [-0.25, -0.2) is 0 Å². The van der Waals surface area contributed by atoms with Crippen LogP contribution in [0.15, 0.2) is 42.5 Å². The van der Waals surface area contributed by atoms with Crippen LogP contribution in [-0.4, -0.2) is 48.3 Å². The summed E-state index contributed by atoms with van der Waals surface area (Å²) in [5.41, 5.74) is 0.705. The first-order valence-corrected chi connectivity index (χ1v) is 11.1. The molecule has 0 saturated carbocycles. The highest BCUT2D eigenvalue weighted by atomic mass is 35.5. The molecule has 0 bridgehead atoms. The van der Waals surface area contributed by atoms with E-state index in [9.17, 15) is 32.7 Å². The molecule has 0 radical (unpaired) electrons. The number of para-hydroxylation sites is 1. The molecule has 3 rings (SSSR count). The number of hydrogen-bond acceptors (Lipinski definition) is 5. The van der Waals surface area contributed by atoms with Gasteiger partial charge in [0.25, 0.3) is 0 Å². The van der Waals surface area contributed by atoms with Crippen LogP contribution in [0.5, 0.6) is 5.75 Å². The number of anilines is 1. The molecule has 2 aromatic carbocycles. The molecule has 1 aliphatic heterocycles. The van der Waals surface area contributed by atoms with Crippen LogP contribution in [0, 0.1) is 0 Å². The molecular formula is C23H22ClF3N3O5-. The van der Waals surface area contributed by atoms with Crippen molar-refractivity contribution < 1.29 is 37.4 Å². The lowest BCUT2D eigenvalue weighted by Gasteiger charge is -2.35. The minimum atomic E-state index is -4.87. The highest BCUT2D eigenvalue weighted by Crippen LogP contribution is 2.38. The van der Waals surface area contributed by atoms with E-state index in [1.54, 1.807) is 6.07 Å². The molecule has 2 aromatic rings. The van der Waals surface area contributed by atoms with Gasteiger partial charge in [0.15, 0.2) is 0 Å². The van der Waals surface area contributed by atoms with Crippen molar-refractivity contribution in [3.05, 3.63) is 47.5 Å². The third-order valence-electron chi connectivity index (χ3n) is 5.37. The van der Waals surface area contributed by atoms with E-state index in [0.717, 1.165) is 6.42 Å². The average molecular weight is 513 g/mol. The van der Waals surface area contributed by atoms with Crippen LogP contribution in [0.1, 0.15) is 25.7 Å². The lowest BCUT2D eigenvalue weighted by atomic mass is 10.0. The van der Waals surface area contributed by atoms with Crippen molar-refractivity contribution in [1.29, 1.82) is 0 Å². The van der Waals surface area contributed by atoms with E-state index in [1.165, 1.54) is 41.3 Å². The Balaban J connectivity index is 1.73. The van der Waals surface area contributed by atoms with Gasteiger partial charge < -0.3 is 30.2 Å². The predicted molar refractivity (Wildman–Crippen MR) is 120 cm³/mol. The van der Waals surface area contributed by atoms with Crippen LogP contribution < -0.4 is 20.5 Å². The molecule has 1 atom stereocenters. The molecule has 0 aromatic heterocycles. The fourth-order valence-corrected chi connectivity index (χ4v) is 4.14. The van der Waals surface area contributed by atoms with Gasteiger partial charge in [-0.2, -0.15) is 0 Å². The number of hydrogen-bond donors (Lipinski definition) is 2. The molecular weight excluding hydrogens is 491 g/mol. The lowest BCUT2D eigenvalue weighted by Crippen LogP contribution is -2.50. The monoisotopic (exact) mass is 512 g/mol. The van der Waals surface area contributed by atoms with E-state index in [4.69, 9.17) is 11.6 Å². The van der Waals surface area contributed by atoms with Crippen LogP contribution in [0.4, 0.5) is 23.7 Å². The summed E-state index contributed by atoms with van der Waals surface area (Å²) in [4.78, 5) is 37.3. The summed E-state index contributed by atoms with van der Waals surface area (Å²) in [6.07, 6.45) is -4.60. The molecule has 1 fully saturated rings. The predicted octanol–water partition coefficient (Wildman–Crippen LogP) is 3.55. The highest BCUT2D eigenvalue weighted by molar-refractivity contribution is 6.33. The smallest absolute Gasteiger partial charge is 0.530 e. The van der Waals surface area contributed by atoms with Crippen LogP contribution in [0.3, 0.4) is 0 Å². The first kappa shape index (κ1) is 26.1. The van der Waals surface area contributed by atoms with E-state index in [1.807, 2.05) is 5.32 Å².